The van der Waals surface area contributed by atoms with Crippen molar-refractivity contribution in [1.82, 2.24) is 20.4 Å². The quantitative estimate of drug-likeness (QED) is 0.459. The standard InChI is InChI=1S/C16H23N5O/c1-17-16(18-9-11-22-2)19-12-14-6-3-4-7-15(14)13-21-10-5-8-20-21/h3-8,10H,9,11-13H2,1-2H3,(H2,17,18,19). The van der Waals surface area contributed by atoms with E-state index in [1.54, 1.807) is 20.4 Å². The van der Waals surface area contributed by atoms with Gasteiger partial charge in [-0.1, -0.05) is 24.3 Å². The first-order chi connectivity index (χ1) is 10.8. The van der Waals surface area contributed by atoms with Crippen molar-refractivity contribution in [3.05, 3.63) is 53.9 Å². The van der Waals surface area contributed by atoms with Crippen LogP contribution in [0.5, 0.6) is 0 Å². The van der Waals surface area contributed by atoms with E-state index in [0.717, 1.165) is 19.0 Å². The molecule has 2 aromatic rings. The third kappa shape index (κ3) is 4.89. The van der Waals surface area contributed by atoms with Crippen molar-refractivity contribution in [2.45, 2.75) is 13.1 Å². The predicted molar refractivity (Wildman–Crippen MR) is 87.8 cm³/mol. The molecule has 1 aromatic heterocycles. The predicted octanol–water partition coefficient (Wildman–Crippen LogP) is 1.24. The largest absolute Gasteiger partial charge is 0.383 e. The molecule has 0 saturated carbocycles. The lowest BCUT2D eigenvalue weighted by molar-refractivity contribution is 0.203. The molecule has 0 unspecified atom stereocenters. The normalized spacial score (nSPS) is 11.5. The van der Waals surface area contributed by atoms with Crippen LogP contribution in [-0.4, -0.2) is 43.0 Å². The van der Waals surface area contributed by atoms with Crippen LogP contribution in [0.1, 0.15) is 11.1 Å². The van der Waals surface area contributed by atoms with E-state index in [2.05, 4.69) is 32.9 Å². The van der Waals surface area contributed by atoms with Crippen molar-refractivity contribution in [2.24, 2.45) is 4.99 Å². The van der Waals surface area contributed by atoms with Crippen molar-refractivity contribution < 1.29 is 4.74 Å². The number of nitrogens with one attached hydrogen (secondary N) is 2. The first-order valence-corrected chi connectivity index (χ1v) is 7.31. The molecule has 1 aromatic carbocycles. The van der Waals surface area contributed by atoms with Crippen molar-refractivity contribution in [3.63, 3.8) is 0 Å². The van der Waals surface area contributed by atoms with Crippen LogP contribution >= 0.6 is 0 Å². The van der Waals surface area contributed by atoms with Crippen LogP contribution < -0.4 is 10.6 Å². The minimum atomic E-state index is 0.649. The molecule has 2 N–H and O–H groups in total. The Morgan fingerprint density at radius 1 is 1.23 bits per heavy atom. The average Bonchev–Trinajstić information content (AvgIpc) is 3.05. The van der Waals surface area contributed by atoms with Gasteiger partial charge in [0.2, 0.25) is 0 Å². The Morgan fingerprint density at radius 3 is 2.73 bits per heavy atom. The highest BCUT2D eigenvalue weighted by Gasteiger charge is 2.04. The molecule has 0 fully saturated rings. The van der Waals surface area contributed by atoms with Crippen molar-refractivity contribution in [1.29, 1.82) is 0 Å². The summed E-state index contributed by atoms with van der Waals surface area (Å²) >= 11 is 0. The molecule has 0 amide bonds. The summed E-state index contributed by atoms with van der Waals surface area (Å²) in [6, 6.07) is 10.3. The molecule has 0 spiro atoms. The van der Waals surface area contributed by atoms with E-state index in [9.17, 15) is 0 Å². The molecule has 0 saturated heterocycles. The van der Waals surface area contributed by atoms with E-state index in [1.165, 1.54) is 11.1 Å². The summed E-state index contributed by atoms with van der Waals surface area (Å²) in [7, 11) is 3.45. The maximum atomic E-state index is 5.02. The minimum Gasteiger partial charge on any atom is -0.383 e. The molecule has 6 heteroatoms. The van der Waals surface area contributed by atoms with Gasteiger partial charge in [-0.25, -0.2) is 0 Å². The molecule has 0 radical (unpaired) electrons. The fraction of sp³-hybridized carbons (Fsp3) is 0.375. The second-order valence-electron chi connectivity index (χ2n) is 4.82. The summed E-state index contributed by atoms with van der Waals surface area (Å²) in [5.41, 5.74) is 2.47. The van der Waals surface area contributed by atoms with Gasteiger partial charge in [0.05, 0.1) is 13.2 Å². The van der Waals surface area contributed by atoms with E-state index in [1.807, 2.05) is 29.1 Å². The second kappa shape index (κ2) is 8.84. The fourth-order valence-corrected chi connectivity index (χ4v) is 2.12. The number of aliphatic imine (C=N–C) groups is 1. The van der Waals surface area contributed by atoms with Crippen LogP contribution in [0.2, 0.25) is 0 Å². The molecule has 6 nitrogen and oxygen atoms in total. The Bertz CT molecular complexity index is 580. The van der Waals surface area contributed by atoms with Crippen molar-refractivity contribution in [3.8, 4) is 0 Å². The van der Waals surface area contributed by atoms with Gasteiger partial charge in [-0.2, -0.15) is 5.10 Å². The minimum absolute atomic E-state index is 0.649. The monoisotopic (exact) mass is 301 g/mol. The first-order valence-electron chi connectivity index (χ1n) is 7.31. The molecule has 0 aliphatic rings. The topological polar surface area (TPSA) is 63.5 Å². The maximum absolute atomic E-state index is 5.02. The number of hydrogen-bond acceptors (Lipinski definition) is 3. The molecular formula is C16H23N5O. The number of hydrogen-bond donors (Lipinski definition) is 2. The number of aromatic nitrogens is 2. The van der Waals surface area contributed by atoms with E-state index in [4.69, 9.17) is 4.74 Å². The molecule has 0 atom stereocenters. The van der Waals surface area contributed by atoms with Gasteiger partial charge in [0.1, 0.15) is 0 Å². The summed E-state index contributed by atoms with van der Waals surface area (Å²) in [5.74, 6) is 0.769. The molecule has 0 aliphatic carbocycles. The van der Waals surface area contributed by atoms with Gasteiger partial charge < -0.3 is 15.4 Å². The maximum Gasteiger partial charge on any atom is 0.191 e. The molecular weight excluding hydrogens is 278 g/mol. The van der Waals surface area contributed by atoms with Crippen molar-refractivity contribution in [2.75, 3.05) is 27.3 Å². The Kier molecular flexibility index (Phi) is 6.44. The first kappa shape index (κ1) is 16.0. The molecule has 2 rings (SSSR count). The summed E-state index contributed by atoms with van der Waals surface area (Å²) < 4.78 is 6.94. The molecule has 118 valence electrons. The third-order valence-electron chi connectivity index (χ3n) is 3.28. The van der Waals surface area contributed by atoms with Gasteiger partial charge in [0, 0.05) is 39.6 Å². The highest BCUT2D eigenvalue weighted by molar-refractivity contribution is 5.79. The van der Waals surface area contributed by atoms with Gasteiger partial charge in [0.25, 0.3) is 0 Å². The van der Waals surface area contributed by atoms with Crippen LogP contribution in [0, 0.1) is 0 Å². The second-order valence-corrected chi connectivity index (χ2v) is 4.82. The molecule has 1 heterocycles. The lowest BCUT2D eigenvalue weighted by atomic mass is 10.1. The van der Waals surface area contributed by atoms with Crippen LogP contribution in [0.4, 0.5) is 0 Å². The molecule has 0 aliphatic heterocycles. The summed E-state index contributed by atoms with van der Waals surface area (Å²) in [4.78, 5) is 4.20. The number of ether oxygens (including phenoxy) is 1. The number of nitrogens with zero attached hydrogens (tertiary/aromatic N) is 3. The van der Waals surface area contributed by atoms with Gasteiger partial charge in [0.15, 0.2) is 5.96 Å². The fourth-order valence-electron chi connectivity index (χ4n) is 2.12. The number of methoxy groups -OCH3 is 1. The SMILES string of the molecule is CN=C(NCCOC)NCc1ccccc1Cn1cccn1. The van der Waals surface area contributed by atoms with E-state index < -0.39 is 0 Å². The van der Waals surface area contributed by atoms with Gasteiger partial charge in [-0.05, 0) is 17.2 Å². The Morgan fingerprint density at radius 2 is 2.05 bits per heavy atom. The van der Waals surface area contributed by atoms with E-state index in [0.29, 0.717) is 13.2 Å². The Labute approximate surface area is 131 Å². The van der Waals surface area contributed by atoms with Gasteiger partial charge >= 0.3 is 0 Å². The average molecular weight is 301 g/mol. The van der Waals surface area contributed by atoms with Crippen LogP contribution in [0.15, 0.2) is 47.7 Å². The van der Waals surface area contributed by atoms with Crippen LogP contribution in [0.25, 0.3) is 0 Å². The zero-order chi connectivity index (χ0) is 15.6. The highest BCUT2D eigenvalue weighted by atomic mass is 16.5. The van der Waals surface area contributed by atoms with Crippen LogP contribution in [0.3, 0.4) is 0 Å². The highest BCUT2D eigenvalue weighted by Crippen LogP contribution is 2.10. The molecule has 22 heavy (non-hydrogen) atoms. The number of benzene rings is 1. The third-order valence-corrected chi connectivity index (χ3v) is 3.28. The summed E-state index contributed by atoms with van der Waals surface area (Å²) in [6.45, 7) is 2.85. The smallest absolute Gasteiger partial charge is 0.191 e. The van der Waals surface area contributed by atoms with Gasteiger partial charge in [-0.3, -0.25) is 9.67 Å². The zero-order valence-corrected chi connectivity index (χ0v) is 13.1. The van der Waals surface area contributed by atoms with Crippen LogP contribution in [-0.2, 0) is 17.8 Å². The van der Waals surface area contributed by atoms with E-state index >= 15 is 0 Å². The number of rotatable bonds is 7. The summed E-state index contributed by atoms with van der Waals surface area (Å²) in [5, 5.41) is 10.8. The molecule has 0 bridgehead atoms. The lowest BCUT2D eigenvalue weighted by Gasteiger charge is -2.14. The Balaban J connectivity index is 1.94. The van der Waals surface area contributed by atoms with Gasteiger partial charge in [-0.15, -0.1) is 0 Å². The Hall–Kier alpha value is -2.34. The lowest BCUT2D eigenvalue weighted by Crippen LogP contribution is -2.38. The summed E-state index contributed by atoms with van der Waals surface area (Å²) in [6.07, 6.45) is 3.76. The zero-order valence-electron chi connectivity index (χ0n) is 13.1. The van der Waals surface area contributed by atoms with Crippen molar-refractivity contribution >= 4 is 5.96 Å². The van der Waals surface area contributed by atoms with E-state index in [-0.39, 0.29) is 0 Å². The number of guanidine groups is 1.